The van der Waals surface area contributed by atoms with Crippen molar-refractivity contribution in [3.8, 4) is 5.69 Å². The molecule has 0 radical (unpaired) electrons. The molecular formula is C20H26FN3O3. The molecule has 1 aliphatic heterocycles. The van der Waals surface area contributed by atoms with Crippen LogP contribution in [0, 0.1) is 11.2 Å². The molecule has 1 aliphatic rings. The van der Waals surface area contributed by atoms with Crippen molar-refractivity contribution in [2.24, 2.45) is 5.41 Å². The fourth-order valence-corrected chi connectivity index (χ4v) is 3.56. The number of hydrogen-bond acceptors (Lipinski definition) is 4. The minimum absolute atomic E-state index is 0.0387. The van der Waals surface area contributed by atoms with E-state index < -0.39 is 0 Å². The summed E-state index contributed by atoms with van der Waals surface area (Å²) in [5.41, 5.74) is 0.565. The molecule has 1 atom stereocenters. The molecule has 27 heavy (non-hydrogen) atoms. The zero-order valence-corrected chi connectivity index (χ0v) is 16.0. The third-order valence-corrected chi connectivity index (χ3v) is 4.81. The number of halogens is 1. The standard InChI is InChI=1S/C20H26FN3O3/c1-20(2)14-24(17(25)13-27-11-5-10-26-3)18(20)19-22-8-9-23(19)16-7-4-6-15(21)12-16/h4,6-9,12,18H,5,10-11,13-14H2,1-3H3. The molecule has 1 aromatic heterocycles. The minimum Gasteiger partial charge on any atom is -0.385 e. The predicted molar refractivity (Wildman–Crippen MR) is 99.1 cm³/mol. The molecule has 2 aromatic rings. The molecule has 1 fully saturated rings. The van der Waals surface area contributed by atoms with E-state index in [1.54, 1.807) is 30.5 Å². The number of hydrogen-bond donors (Lipinski definition) is 0. The molecule has 1 saturated heterocycles. The molecule has 0 saturated carbocycles. The summed E-state index contributed by atoms with van der Waals surface area (Å²) in [7, 11) is 1.64. The first kappa shape index (κ1) is 19.5. The summed E-state index contributed by atoms with van der Waals surface area (Å²) in [6.45, 7) is 5.97. The maximum atomic E-state index is 13.6. The van der Waals surface area contributed by atoms with Crippen LogP contribution in [-0.4, -0.2) is 53.8 Å². The summed E-state index contributed by atoms with van der Waals surface area (Å²) in [5.74, 6) is 0.354. The molecule has 3 rings (SSSR count). The van der Waals surface area contributed by atoms with Crippen LogP contribution in [0.2, 0.25) is 0 Å². The lowest BCUT2D eigenvalue weighted by molar-refractivity contribution is -0.158. The molecule has 0 spiro atoms. The Morgan fingerprint density at radius 2 is 2.19 bits per heavy atom. The highest BCUT2D eigenvalue weighted by atomic mass is 19.1. The third kappa shape index (κ3) is 4.20. The number of amides is 1. The summed E-state index contributed by atoms with van der Waals surface area (Å²) >= 11 is 0. The summed E-state index contributed by atoms with van der Waals surface area (Å²) in [5, 5.41) is 0. The SMILES string of the molecule is COCCCOCC(=O)N1CC(C)(C)C1c1nccn1-c1cccc(F)c1. The number of carbonyl (C=O) groups is 1. The lowest BCUT2D eigenvalue weighted by Gasteiger charge is -2.53. The average molecular weight is 375 g/mol. The number of imidazole rings is 1. The topological polar surface area (TPSA) is 56.6 Å². The zero-order chi connectivity index (χ0) is 19.4. The first-order chi connectivity index (χ1) is 12.9. The number of likely N-dealkylation sites (tertiary alicyclic amines) is 1. The fourth-order valence-electron chi connectivity index (χ4n) is 3.56. The predicted octanol–water partition coefficient (Wildman–Crippen LogP) is 2.97. The van der Waals surface area contributed by atoms with Crippen molar-refractivity contribution in [3.63, 3.8) is 0 Å². The highest BCUT2D eigenvalue weighted by molar-refractivity contribution is 5.79. The van der Waals surface area contributed by atoms with E-state index >= 15 is 0 Å². The van der Waals surface area contributed by atoms with E-state index in [1.165, 1.54) is 12.1 Å². The Morgan fingerprint density at radius 3 is 2.89 bits per heavy atom. The molecule has 0 bridgehead atoms. The van der Waals surface area contributed by atoms with Gasteiger partial charge in [0.05, 0.1) is 6.04 Å². The average Bonchev–Trinajstić information content (AvgIpc) is 3.08. The Balaban J connectivity index is 1.74. The zero-order valence-electron chi connectivity index (χ0n) is 16.0. The van der Waals surface area contributed by atoms with E-state index in [9.17, 15) is 9.18 Å². The minimum atomic E-state index is -0.308. The van der Waals surface area contributed by atoms with Gasteiger partial charge in [-0.3, -0.25) is 4.79 Å². The van der Waals surface area contributed by atoms with Crippen LogP contribution < -0.4 is 0 Å². The van der Waals surface area contributed by atoms with Crippen LogP contribution in [0.4, 0.5) is 4.39 Å². The third-order valence-electron chi connectivity index (χ3n) is 4.81. The quantitative estimate of drug-likeness (QED) is 0.666. The van der Waals surface area contributed by atoms with Gasteiger partial charge in [0.15, 0.2) is 0 Å². The maximum absolute atomic E-state index is 13.6. The summed E-state index contributed by atoms with van der Waals surface area (Å²) < 4.78 is 25.9. The highest BCUT2D eigenvalue weighted by Gasteiger charge is 2.50. The van der Waals surface area contributed by atoms with Gasteiger partial charge in [-0.15, -0.1) is 0 Å². The molecule has 7 heteroatoms. The van der Waals surface area contributed by atoms with Crippen LogP contribution >= 0.6 is 0 Å². The first-order valence-corrected chi connectivity index (χ1v) is 9.09. The van der Waals surface area contributed by atoms with Crippen LogP contribution in [0.1, 0.15) is 32.1 Å². The Kier molecular flexibility index (Phi) is 5.92. The number of carbonyl (C=O) groups excluding carboxylic acids is 1. The van der Waals surface area contributed by atoms with E-state index in [4.69, 9.17) is 9.47 Å². The smallest absolute Gasteiger partial charge is 0.249 e. The molecule has 146 valence electrons. The number of benzene rings is 1. The van der Waals surface area contributed by atoms with Crippen molar-refractivity contribution in [1.29, 1.82) is 0 Å². The second-order valence-electron chi connectivity index (χ2n) is 7.45. The van der Waals surface area contributed by atoms with Crippen molar-refractivity contribution >= 4 is 5.91 Å². The van der Waals surface area contributed by atoms with Crippen LogP contribution in [0.15, 0.2) is 36.7 Å². The largest absolute Gasteiger partial charge is 0.385 e. The van der Waals surface area contributed by atoms with Crippen molar-refractivity contribution < 1.29 is 18.7 Å². The van der Waals surface area contributed by atoms with Crippen molar-refractivity contribution in [2.75, 3.05) is 33.5 Å². The lowest BCUT2D eigenvalue weighted by atomic mass is 9.74. The summed E-state index contributed by atoms with van der Waals surface area (Å²) in [6, 6.07) is 6.17. The van der Waals surface area contributed by atoms with Gasteiger partial charge in [0, 0.05) is 50.4 Å². The van der Waals surface area contributed by atoms with E-state index in [-0.39, 0.29) is 29.8 Å². The Bertz CT molecular complexity index is 790. The number of rotatable bonds is 8. The number of methoxy groups -OCH3 is 1. The van der Waals surface area contributed by atoms with Crippen molar-refractivity contribution in [3.05, 3.63) is 48.3 Å². The van der Waals surface area contributed by atoms with Gasteiger partial charge in [0.2, 0.25) is 5.91 Å². The first-order valence-electron chi connectivity index (χ1n) is 9.09. The molecular weight excluding hydrogens is 349 g/mol. The van der Waals surface area contributed by atoms with E-state index in [2.05, 4.69) is 18.8 Å². The lowest BCUT2D eigenvalue weighted by Crippen LogP contribution is -2.59. The summed E-state index contributed by atoms with van der Waals surface area (Å²) in [4.78, 5) is 18.9. The van der Waals surface area contributed by atoms with Gasteiger partial charge >= 0.3 is 0 Å². The number of ether oxygens (including phenoxy) is 2. The normalized spacial score (nSPS) is 18.4. The molecule has 6 nitrogen and oxygen atoms in total. The van der Waals surface area contributed by atoms with Crippen LogP contribution in [-0.2, 0) is 14.3 Å². The van der Waals surface area contributed by atoms with Crippen LogP contribution in [0.5, 0.6) is 0 Å². The molecule has 1 amide bonds. The van der Waals surface area contributed by atoms with E-state index in [1.807, 2.05) is 10.6 Å². The van der Waals surface area contributed by atoms with Crippen LogP contribution in [0.3, 0.4) is 0 Å². The van der Waals surface area contributed by atoms with Gasteiger partial charge in [0.25, 0.3) is 0 Å². The molecule has 1 aromatic carbocycles. The second kappa shape index (κ2) is 8.19. The second-order valence-corrected chi connectivity index (χ2v) is 7.45. The van der Waals surface area contributed by atoms with Crippen LogP contribution in [0.25, 0.3) is 5.69 Å². The van der Waals surface area contributed by atoms with Gasteiger partial charge in [-0.05, 0) is 24.6 Å². The Labute approximate surface area is 158 Å². The number of aromatic nitrogens is 2. The molecule has 1 unspecified atom stereocenters. The Morgan fingerprint density at radius 1 is 1.37 bits per heavy atom. The maximum Gasteiger partial charge on any atom is 0.249 e. The molecule has 0 N–H and O–H groups in total. The van der Waals surface area contributed by atoms with Gasteiger partial charge in [0.1, 0.15) is 18.2 Å². The molecule has 2 heterocycles. The van der Waals surface area contributed by atoms with Gasteiger partial charge in [-0.1, -0.05) is 19.9 Å². The van der Waals surface area contributed by atoms with Gasteiger partial charge in [-0.2, -0.15) is 0 Å². The van der Waals surface area contributed by atoms with Gasteiger partial charge in [-0.25, -0.2) is 9.37 Å². The monoisotopic (exact) mass is 375 g/mol. The van der Waals surface area contributed by atoms with Gasteiger partial charge < -0.3 is 18.9 Å². The summed E-state index contributed by atoms with van der Waals surface area (Å²) in [6.07, 6.45) is 4.23. The van der Waals surface area contributed by atoms with Crippen molar-refractivity contribution in [2.45, 2.75) is 26.3 Å². The number of nitrogens with zero attached hydrogens (tertiary/aromatic N) is 3. The van der Waals surface area contributed by atoms with E-state index in [0.717, 1.165) is 12.2 Å². The van der Waals surface area contributed by atoms with Crippen molar-refractivity contribution in [1.82, 2.24) is 14.5 Å². The fraction of sp³-hybridized carbons (Fsp3) is 0.500. The highest BCUT2D eigenvalue weighted by Crippen LogP contribution is 2.48. The molecule has 0 aliphatic carbocycles. The van der Waals surface area contributed by atoms with E-state index in [0.29, 0.717) is 25.4 Å². The Hall–Kier alpha value is -2.25.